The molecule has 0 radical (unpaired) electrons. The van der Waals surface area contributed by atoms with Gasteiger partial charge in [-0.05, 0) is 26.3 Å². The lowest BCUT2D eigenvalue weighted by Crippen LogP contribution is -2.05. The van der Waals surface area contributed by atoms with Crippen molar-refractivity contribution in [2.24, 2.45) is 5.41 Å². The Bertz CT molecular complexity index is 214. The molecule has 0 heterocycles. The summed E-state index contributed by atoms with van der Waals surface area (Å²) in [7, 11) is 0. The molecule has 0 aromatic heterocycles. The van der Waals surface area contributed by atoms with Crippen molar-refractivity contribution in [1.82, 2.24) is 0 Å². The molecular weight excluding hydrogens is 120 g/mol. The van der Waals surface area contributed by atoms with Gasteiger partial charge in [-0.3, -0.25) is 0 Å². The van der Waals surface area contributed by atoms with E-state index >= 15 is 0 Å². The zero-order valence-electron chi connectivity index (χ0n) is 7.58. The zero-order chi connectivity index (χ0) is 7.94. The van der Waals surface area contributed by atoms with E-state index in [1.807, 2.05) is 0 Å². The lowest BCUT2D eigenvalue weighted by molar-refractivity contribution is 0.587. The highest BCUT2D eigenvalue weighted by Crippen LogP contribution is 2.39. The van der Waals surface area contributed by atoms with Crippen LogP contribution < -0.4 is 0 Å². The van der Waals surface area contributed by atoms with Crippen LogP contribution in [0.3, 0.4) is 0 Å². The summed E-state index contributed by atoms with van der Waals surface area (Å²) in [6.07, 6.45) is 2.34. The first-order chi connectivity index (χ1) is 4.45. The zero-order valence-corrected chi connectivity index (χ0v) is 7.58. The number of allylic oxidation sites excluding steroid dienone is 4. The standard InChI is InChI=1S/C10H16/c1-7-6-10(4,5)9(3)8(7)2/h6H,1-5H3. The van der Waals surface area contributed by atoms with E-state index in [2.05, 4.69) is 40.7 Å². The molecule has 0 bridgehead atoms. The summed E-state index contributed by atoms with van der Waals surface area (Å²) in [5, 5.41) is 0. The molecule has 0 nitrogen and oxygen atoms in total. The fourth-order valence-corrected chi connectivity index (χ4v) is 1.54. The molecule has 0 atom stereocenters. The third kappa shape index (κ3) is 0.920. The molecule has 0 amide bonds. The second kappa shape index (κ2) is 1.98. The van der Waals surface area contributed by atoms with Crippen molar-refractivity contribution in [3.05, 3.63) is 22.8 Å². The second-order valence-electron chi connectivity index (χ2n) is 3.80. The van der Waals surface area contributed by atoms with E-state index < -0.39 is 0 Å². The fraction of sp³-hybridized carbons (Fsp3) is 0.600. The molecule has 0 unspecified atom stereocenters. The van der Waals surface area contributed by atoms with E-state index in [0.717, 1.165) is 0 Å². The molecule has 0 aromatic carbocycles. The van der Waals surface area contributed by atoms with Gasteiger partial charge in [0.1, 0.15) is 0 Å². The highest BCUT2D eigenvalue weighted by molar-refractivity contribution is 5.44. The van der Waals surface area contributed by atoms with Crippen LogP contribution in [-0.2, 0) is 0 Å². The monoisotopic (exact) mass is 136 g/mol. The van der Waals surface area contributed by atoms with Crippen molar-refractivity contribution in [2.75, 3.05) is 0 Å². The topological polar surface area (TPSA) is 0 Å². The Morgan fingerprint density at radius 2 is 1.60 bits per heavy atom. The first-order valence-corrected chi connectivity index (χ1v) is 3.83. The van der Waals surface area contributed by atoms with Gasteiger partial charge >= 0.3 is 0 Å². The molecule has 0 saturated carbocycles. The second-order valence-corrected chi connectivity index (χ2v) is 3.80. The summed E-state index contributed by atoms with van der Waals surface area (Å²) in [5.41, 5.74) is 4.76. The van der Waals surface area contributed by atoms with Crippen molar-refractivity contribution in [2.45, 2.75) is 34.6 Å². The highest BCUT2D eigenvalue weighted by atomic mass is 14.3. The third-order valence-corrected chi connectivity index (χ3v) is 2.70. The molecular formula is C10H16. The molecule has 0 aliphatic heterocycles. The van der Waals surface area contributed by atoms with E-state index in [1.54, 1.807) is 0 Å². The number of hydrogen-bond acceptors (Lipinski definition) is 0. The SMILES string of the molecule is CC1=CC(C)(C)C(C)=C1C. The molecule has 56 valence electrons. The van der Waals surface area contributed by atoms with Crippen molar-refractivity contribution in [1.29, 1.82) is 0 Å². The van der Waals surface area contributed by atoms with Crippen LogP contribution >= 0.6 is 0 Å². The smallest absolute Gasteiger partial charge is 0.00430 e. The van der Waals surface area contributed by atoms with Gasteiger partial charge in [-0.15, -0.1) is 0 Å². The van der Waals surface area contributed by atoms with E-state index in [4.69, 9.17) is 0 Å². The molecule has 0 aromatic rings. The predicted octanol–water partition coefficient (Wildman–Crippen LogP) is 3.31. The lowest BCUT2D eigenvalue weighted by atomic mass is 9.88. The van der Waals surface area contributed by atoms with Crippen molar-refractivity contribution < 1.29 is 0 Å². The van der Waals surface area contributed by atoms with Crippen molar-refractivity contribution >= 4 is 0 Å². The Labute approximate surface area is 63.6 Å². The molecule has 0 spiro atoms. The van der Waals surface area contributed by atoms with Gasteiger partial charge in [-0.25, -0.2) is 0 Å². The van der Waals surface area contributed by atoms with Crippen LogP contribution in [-0.4, -0.2) is 0 Å². The Morgan fingerprint density at radius 3 is 1.70 bits per heavy atom. The first-order valence-electron chi connectivity index (χ1n) is 3.83. The van der Waals surface area contributed by atoms with E-state index in [1.165, 1.54) is 16.7 Å². The van der Waals surface area contributed by atoms with Crippen LogP contribution in [0.25, 0.3) is 0 Å². The molecule has 1 aliphatic rings. The van der Waals surface area contributed by atoms with E-state index in [-0.39, 0.29) is 0 Å². The van der Waals surface area contributed by atoms with Crippen LogP contribution in [0.15, 0.2) is 22.8 Å². The average molecular weight is 136 g/mol. The lowest BCUT2D eigenvalue weighted by Gasteiger charge is -2.17. The summed E-state index contributed by atoms with van der Waals surface area (Å²) >= 11 is 0. The summed E-state index contributed by atoms with van der Waals surface area (Å²) in [5.74, 6) is 0. The van der Waals surface area contributed by atoms with E-state index in [0.29, 0.717) is 5.41 Å². The van der Waals surface area contributed by atoms with E-state index in [9.17, 15) is 0 Å². The largest absolute Gasteiger partial charge is 0.0716 e. The number of rotatable bonds is 0. The van der Waals surface area contributed by atoms with Crippen LogP contribution in [0.2, 0.25) is 0 Å². The molecule has 0 saturated heterocycles. The minimum atomic E-state index is 0.314. The summed E-state index contributed by atoms with van der Waals surface area (Å²) in [4.78, 5) is 0. The Morgan fingerprint density at radius 1 is 1.10 bits per heavy atom. The summed E-state index contributed by atoms with van der Waals surface area (Å²) in [6.45, 7) is 11.1. The Kier molecular flexibility index (Phi) is 1.50. The van der Waals surface area contributed by atoms with Crippen LogP contribution in [0.1, 0.15) is 34.6 Å². The third-order valence-electron chi connectivity index (χ3n) is 2.70. The van der Waals surface area contributed by atoms with Crippen molar-refractivity contribution in [3.8, 4) is 0 Å². The van der Waals surface area contributed by atoms with Gasteiger partial charge in [0.05, 0.1) is 0 Å². The summed E-state index contributed by atoms with van der Waals surface area (Å²) < 4.78 is 0. The molecule has 1 aliphatic carbocycles. The maximum atomic E-state index is 2.34. The first kappa shape index (κ1) is 7.59. The minimum Gasteiger partial charge on any atom is -0.0716 e. The van der Waals surface area contributed by atoms with Gasteiger partial charge in [-0.2, -0.15) is 0 Å². The van der Waals surface area contributed by atoms with Gasteiger partial charge in [0.25, 0.3) is 0 Å². The van der Waals surface area contributed by atoms with Gasteiger partial charge in [0, 0.05) is 5.41 Å². The van der Waals surface area contributed by atoms with Crippen LogP contribution in [0, 0.1) is 5.41 Å². The molecule has 1 rings (SSSR count). The number of hydrogen-bond donors (Lipinski definition) is 0. The summed E-state index contributed by atoms with van der Waals surface area (Å²) in [6, 6.07) is 0. The normalized spacial score (nSPS) is 23.5. The van der Waals surface area contributed by atoms with Crippen molar-refractivity contribution in [3.63, 3.8) is 0 Å². The van der Waals surface area contributed by atoms with Crippen LogP contribution in [0.4, 0.5) is 0 Å². The minimum absolute atomic E-state index is 0.314. The molecule has 10 heavy (non-hydrogen) atoms. The maximum Gasteiger partial charge on any atom is 0.00430 e. The van der Waals surface area contributed by atoms with Gasteiger partial charge in [-0.1, -0.05) is 31.1 Å². The van der Waals surface area contributed by atoms with Gasteiger partial charge in [0.15, 0.2) is 0 Å². The fourth-order valence-electron chi connectivity index (χ4n) is 1.54. The Balaban J connectivity index is 3.12. The van der Waals surface area contributed by atoms with Crippen LogP contribution in [0.5, 0.6) is 0 Å². The predicted molar refractivity (Wildman–Crippen MR) is 45.9 cm³/mol. The average Bonchev–Trinajstić information content (AvgIpc) is 1.95. The Hall–Kier alpha value is -0.520. The van der Waals surface area contributed by atoms with Gasteiger partial charge in [0.2, 0.25) is 0 Å². The maximum absolute atomic E-state index is 2.34. The highest BCUT2D eigenvalue weighted by Gasteiger charge is 2.24. The molecule has 0 heteroatoms. The van der Waals surface area contributed by atoms with Gasteiger partial charge < -0.3 is 0 Å². The quantitative estimate of drug-likeness (QED) is 0.479. The molecule has 0 fully saturated rings. The molecule has 0 N–H and O–H groups in total.